The molecule has 8 heteroatoms. The van der Waals surface area contributed by atoms with E-state index in [1.807, 2.05) is 61.7 Å². The molecule has 0 bridgehead atoms. The fraction of sp³-hybridized carbons (Fsp3) is 0.241. The Kier molecular flexibility index (Phi) is 7.37. The molecule has 3 aromatic carbocycles. The SMILES string of the molecule is CCCC(=O)Nc1cccc(-c2nc(Nc3ccc4c(c3)C=NC4)c3ccc(OCCOC)cc3n2)c1. The standard InChI is InChI=1S/C29H29N5O3/c1-3-5-27(35)31-22-7-4-6-19(14-22)28-33-26-16-24(37-13-12-36-2)10-11-25(26)29(34-28)32-23-9-8-20-17-30-18-21(20)15-23/h4,6-11,14-16,18H,3,5,12-13,17H2,1-2H3,(H,31,35)(H,32,33,34). The highest BCUT2D eigenvalue weighted by Crippen LogP contribution is 2.31. The molecule has 0 saturated heterocycles. The molecule has 0 unspecified atom stereocenters. The Balaban J connectivity index is 1.54. The lowest BCUT2D eigenvalue weighted by Gasteiger charge is -2.14. The molecule has 5 rings (SSSR count). The van der Waals surface area contributed by atoms with E-state index in [1.54, 1.807) is 7.11 Å². The summed E-state index contributed by atoms with van der Waals surface area (Å²) in [7, 11) is 1.64. The van der Waals surface area contributed by atoms with Gasteiger partial charge in [0, 0.05) is 48.1 Å². The quantitative estimate of drug-likeness (QED) is 0.273. The maximum atomic E-state index is 12.1. The van der Waals surface area contributed by atoms with Crippen LogP contribution in [-0.2, 0) is 16.1 Å². The van der Waals surface area contributed by atoms with Crippen LogP contribution < -0.4 is 15.4 Å². The highest BCUT2D eigenvalue weighted by atomic mass is 16.5. The molecule has 0 fully saturated rings. The van der Waals surface area contributed by atoms with E-state index < -0.39 is 0 Å². The molecule has 8 nitrogen and oxygen atoms in total. The summed E-state index contributed by atoms with van der Waals surface area (Å²) in [5.74, 6) is 1.91. The minimum absolute atomic E-state index is 0.0144. The number of ether oxygens (including phenoxy) is 2. The predicted octanol–water partition coefficient (Wildman–Crippen LogP) is 5.74. The molecule has 37 heavy (non-hydrogen) atoms. The first kappa shape index (κ1) is 24.4. The normalized spacial score (nSPS) is 11.9. The molecule has 0 spiro atoms. The third-order valence-electron chi connectivity index (χ3n) is 6.01. The van der Waals surface area contributed by atoms with Crippen LogP contribution in [0.2, 0.25) is 0 Å². The van der Waals surface area contributed by atoms with E-state index in [-0.39, 0.29) is 5.91 Å². The first-order chi connectivity index (χ1) is 18.1. The van der Waals surface area contributed by atoms with Gasteiger partial charge in [-0.15, -0.1) is 0 Å². The number of methoxy groups -OCH3 is 1. The summed E-state index contributed by atoms with van der Waals surface area (Å²) >= 11 is 0. The molecule has 2 N–H and O–H groups in total. The first-order valence-electron chi connectivity index (χ1n) is 12.4. The number of carbonyl (C=O) groups is 1. The van der Waals surface area contributed by atoms with E-state index in [4.69, 9.17) is 19.4 Å². The van der Waals surface area contributed by atoms with E-state index in [0.29, 0.717) is 49.3 Å². The van der Waals surface area contributed by atoms with E-state index in [2.05, 4.69) is 27.8 Å². The van der Waals surface area contributed by atoms with Crippen molar-refractivity contribution in [3.05, 3.63) is 71.8 Å². The molecular formula is C29H29N5O3. The number of aliphatic imine (C=N–C) groups is 1. The lowest BCUT2D eigenvalue weighted by Crippen LogP contribution is -2.10. The van der Waals surface area contributed by atoms with Gasteiger partial charge in [0.25, 0.3) is 0 Å². The van der Waals surface area contributed by atoms with Gasteiger partial charge in [-0.1, -0.05) is 25.1 Å². The Morgan fingerprint density at radius 2 is 1.92 bits per heavy atom. The Bertz CT molecular complexity index is 1470. The number of amides is 1. The molecular weight excluding hydrogens is 466 g/mol. The van der Waals surface area contributed by atoms with Crippen LogP contribution in [-0.4, -0.2) is 42.4 Å². The summed E-state index contributed by atoms with van der Waals surface area (Å²) in [6, 6.07) is 19.5. The summed E-state index contributed by atoms with van der Waals surface area (Å²) in [5, 5.41) is 7.30. The van der Waals surface area contributed by atoms with Crippen molar-refractivity contribution in [3.8, 4) is 17.1 Å². The lowest BCUT2D eigenvalue weighted by molar-refractivity contribution is -0.116. The summed E-state index contributed by atoms with van der Waals surface area (Å²) in [5.41, 5.74) is 5.48. The predicted molar refractivity (Wildman–Crippen MR) is 147 cm³/mol. The monoisotopic (exact) mass is 495 g/mol. The largest absolute Gasteiger partial charge is 0.491 e. The Hall–Kier alpha value is -4.30. The maximum absolute atomic E-state index is 12.1. The Morgan fingerprint density at radius 1 is 1.00 bits per heavy atom. The number of benzene rings is 3. The van der Waals surface area contributed by atoms with Crippen molar-refractivity contribution >= 4 is 40.2 Å². The fourth-order valence-electron chi connectivity index (χ4n) is 4.17. The molecule has 1 amide bonds. The van der Waals surface area contributed by atoms with Crippen molar-refractivity contribution in [1.29, 1.82) is 0 Å². The van der Waals surface area contributed by atoms with Gasteiger partial charge < -0.3 is 20.1 Å². The summed E-state index contributed by atoms with van der Waals surface area (Å²) in [4.78, 5) is 26.2. The second-order valence-corrected chi connectivity index (χ2v) is 8.80. The molecule has 1 aromatic heterocycles. The van der Waals surface area contributed by atoms with Gasteiger partial charge in [-0.3, -0.25) is 9.79 Å². The number of hydrogen-bond donors (Lipinski definition) is 2. The number of hydrogen-bond acceptors (Lipinski definition) is 7. The zero-order valence-corrected chi connectivity index (χ0v) is 21.0. The Labute approximate surface area is 215 Å². The van der Waals surface area contributed by atoms with Crippen molar-refractivity contribution in [2.24, 2.45) is 4.99 Å². The molecule has 188 valence electrons. The van der Waals surface area contributed by atoms with Crippen LogP contribution in [0, 0.1) is 0 Å². The maximum Gasteiger partial charge on any atom is 0.224 e. The van der Waals surface area contributed by atoms with Crippen molar-refractivity contribution in [3.63, 3.8) is 0 Å². The van der Waals surface area contributed by atoms with Crippen LogP contribution in [0.15, 0.2) is 65.7 Å². The van der Waals surface area contributed by atoms with Crippen LogP contribution in [0.4, 0.5) is 17.2 Å². The summed E-state index contributed by atoms with van der Waals surface area (Å²) in [6.45, 7) is 3.64. The second-order valence-electron chi connectivity index (χ2n) is 8.80. The van der Waals surface area contributed by atoms with Crippen molar-refractivity contribution < 1.29 is 14.3 Å². The molecule has 0 atom stereocenters. The van der Waals surface area contributed by atoms with Crippen molar-refractivity contribution in [1.82, 2.24) is 9.97 Å². The van der Waals surface area contributed by atoms with Crippen LogP contribution in [0.25, 0.3) is 22.3 Å². The minimum atomic E-state index is -0.0144. The number of fused-ring (bicyclic) bond motifs is 2. The zero-order valence-electron chi connectivity index (χ0n) is 21.0. The molecule has 4 aromatic rings. The number of rotatable bonds is 10. The topological polar surface area (TPSA) is 97.7 Å². The van der Waals surface area contributed by atoms with Gasteiger partial charge in [0.2, 0.25) is 5.91 Å². The van der Waals surface area contributed by atoms with Crippen LogP contribution in [0.5, 0.6) is 5.75 Å². The highest BCUT2D eigenvalue weighted by molar-refractivity contribution is 5.95. The average Bonchev–Trinajstić information content (AvgIpc) is 3.37. The van der Waals surface area contributed by atoms with Gasteiger partial charge in [0.1, 0.15) is 18.2 Å². The van der Waals surface area contributed by atoms with E-state index in [0.717, 1.165) is 34.1 Å². The molecule has 0 radical (unpaired) electrons. The van der Waals surface area contributed by atoms with Crippen LogP contribution >= 0.6 is 0 Å². The fourth-order valence-corrected chi connectivity index (χ4v) is 4.17. The van der Waals surface area contributed by atoms with Gasteiger partial charge >= 0.3 is 0 Å². The molecule has 1 aliphatic heterocycles. The van der Waals surface area contributed by atoms with Crippen LogP contribution in [0.3, 0.4) is 0 Å². The molecule has 0 saturated carbocycles. The van der Waals surface area contributed by atoms with Gasteiger partial charge in [0.15, 0.2) is 5.82 Å². The minimum Gasteiger partial charge on any atom is -0.491 e. The Morgan fingerprint density at radius 3 is 2.78 bits per heavy atom. The first-order valence-corrected chi connectivity index (χ1v) is 12.4. The number of nitrogens with one attached hydrogen (secondary N) is 2. The van der Waals surface area contributed by atoms with E-state index in [9.17, 15) is 4.79 Å². The smallest absolute Gasteiger partial charge is 0.224 e. The molecule has 2 heterocycles. The van der Waals surface area contributed by atoms with Crippen molar-refractivity contribution in [2.45, 2.75) is 26.3 Å². The third kappa shape index (κ3) is 5.76. The van der Waals surface area contributed by atoms with Gasteiger partial charge in [-0.05, 0) is 53.9 Å². The lowest BCUT2D eigenvalue weighted by atomic mass is 10.1. The number of carbonyl (C=O) groups excluding carboxylic acids is 1. The second kappa shape index (κ2) is 11.2. The van der Waals surface area contributed by atoms with Crippen LogP contribution in [0.1, 0.15) is 30.9 Å². The average molecular weight is 496 g/mol. The van der Waals surface area contributed by atoms with Gasteiger partial charge in [-0.2, -0.15) is 0 Å². The number of anilines is 3. The summed E-state index contributed by atoms with van der Waals surface area (Å²) < 4.78 is 10.9. The zero-order chi connectivity index (χ0) is 25.6. The third-order valence-corrected chi connectivity index (χ3v) is 6.01. The van der Waals surface area contributed by atoms with Gasteiger partial charge in [0.05, 0.1) is 18.7 Å². The summed E-state index contributed by atoms with van der Waals surface area (Å²) in [6.07, 6.45) is 3.16. The number of aromatic nitrogens is 2. The highest BCUT2D eigenvalue weighted by Gasteiger charge is 2.14. The molecule has 0 aliphatic carbocycles. The van der Waals surface area contributed by atoms with E-state index in [1.165, 1.54) is 5.56 Å². The van der Waals surface area contributed by atoms with E-state index >= 15 is 0 Å². The van der Waals surface area contributed by atoms with Gasteiger partial charge in [-0.25, -0.2) is 9.97 Å². The van der Waals surface area contributed by atoms with Crippen molar-refractivity contribution in [2.75, 3.05) is 31.0 Å². The molecule has 1 aliphatic rings. The number of nitrogens with zero attached hydrogens (tertiary/aromatic N) is 3.